The summed E-state index contributed by atoms with van der Waals surface area (Å²) in [5.74, 6) is 1.95. The molecule has 5 heteroatoms. The summed E-state index contributed by atoms with van der Waals surface area (Å²) in [7, 11) is 0. The van der Waals surface area contributed by atoms with Crippen molar-refractivity contribution in [3.63, 3.8) is 0 Å². The zero-order chi connectivity index (χ0) is 15.6. The van der Waals surface area contributed by atoms with Gasteiger partial charge >= 0.3 is 0 Å². The highest BCUT2D eigenvalue weighted by Gasteiger charge is 2.06. The number of hydrogen-bond acceptors (Lipinski definition) is 3. The van der Waals surface area contributed by atoms with Crippen molar-refractivity contribution in [2.45, 2.75) is 19.9 Å². The third kappa shape index (κ3) is 2.61. The fourth-order valence-electron chi connectivity index (χ4n) is 2.74. The minimum Gasteiger partial charge on any atom is -0.329 e. The third-order valence-corrected chi connectivity index (χ3v) is 3.93. The maximum absolute atomic E-state index is 4.69. The van der Waals surface area contributed by atoms with Gasteiger partial charge in [0, 0.05) is 30.4 Å². The van der Waals surface area contributed by atoms with E-state index in [9.17, 15) is 0 Å². The standard InChI is InChI=1S/C18H17N5/c1-2-17-19-9-10-22(17)11-15-12-23(13-20-15)18-8-7-14-5-3-4-6-16(14)21-18/h3-10,12-13H,2,11H2,1H3. The summed E-state index contributed by atoms with van der Waals surface area (Å²) in [5, 5.41) is 1.14. The lowest BCUT2D eigenvalue weighted by Crippen LogP contribution is -2.03. The van der Waals surface area contributed by atoms with Gasteiger partial charge in [-0.05, 0) is 18.2 Å². The molecule has 0 aliphatic carbocycles. The van der Waals surface area contributed by atoms with Gasteiger partial charge in [0.1, 0.15) is 18.0 Å². The fraction of sp³-hybridized carbons (Fsp3) is 0.167. The third-order valence-electron chi connectivity index (χ3n) is 3.93. The maximum Gasteiger partial charge on any atom is 0.138 e. The van der Waals surface area contributed by atoms with Crippen LogP contribution in [0.5, 0.6) is 0 Å². The molecule has 0 saturated heterocycles. The molecule has 4 rings (SSSR count). The van der Waals surface area contributed by atoms with Crippen LogP contribution < -0.4 is 0 Å². The molecule has 5 nitrogen and oxygen atoms in total. The summed E-state index contributed by atoms with van der Waals surface area (Å²) in [5.41, 5.74) is 1.98. The SMILES string of the molecule is CCc1nccn1Cc1cn(-c2ccc3ccccc3n2)cn1. The van der Waals surface area contributed by atoms with Crippen LogP contribution in [-0.4, -0.2) is 24.1 Å². The first-order valence-corrected chi connectivity index (χ1v) is 7.72. The molecule has 114 valence electrons. The average molecular weight is 303 g/mol. The van der Waals surface area contributed by atoms with Crippen LogP contribution in [0.15, 0.2) is 61.3 Å². The van der Waals surface area contributed by atoms with E-state index in [0.717, 1.165) is 41.2 Å². The number of aromatic nitrogens is 5. The van der Waals surface area contributed by atoms with Crippen LogP contribution in [0.3, 0.4) is 0 Å². The molecule has 0 fully saturated rings. The van der Waals surface area contributed by atoms with Gasteiger partial charge in [-0.3, -0.25) is 4.57 Å². The van der Waals surface area contributed by atoms with E-state index in [2.05, 4.69) is 33.6 Å². The van der Waals surface area contributed by atoms with Crippen LogP contribution in [0.1, 0.15) is 18.4 Å². The topological polar surface area (TPSA) is 48.5 Å². The number of aryl methyl sites for hydroxylation is 1. The van der Waals surface area contributed by atoms with Crippen molar-refractivity contribution in [2.75, 3.05) is 0 Å². The second kappa shape index (κ2) is 5.68. The molecule has 0 N–H and O–H groups in total. The number of para-hydroxylation sites is 1. The summed E-state index contributed by atoms with van der Waals surface area (Å²) in [4.78, 5) is 13.5. The number of fused-ring (bicyclic) bond motifs is 1. The first-order chi connectivity index (χ1) is 11.3. The Balaban J connectivity index is 1.64. The summed E-state index contributed by atoms with van der Waals surface area (Å²) in [6, 6.07) is 12.2. The first-order valence-electron chi connectivity index (χ1n) is 7.72. The van der Waals surface area contributed by atoms with Crippen molar-refractivity contribution >= 4 is 10.9 Å². The molecule has 4 aromatic rings. The highest BCUT2D eigenvalue weighted by molar-refractivity contribution is 5.79. The molecule has 0 radical (unpaired) electrons. The van der Waals surface area contributed by atoms with Gasteiger partial charge in [0.15, 0.2) is 0 Å². The van der Waals surface area contributed by atoms with Crippen molar-refractivity contribution in [2.24, 2.45) is 0 Å². The Bertz CT molecular complexity index is 951. The van der Waals surface area contributed by atoms with E-state index in [1.165, 1.54) is 0 Å². The number of hydrogen-bond donors (Lipinski definition) is 0. The molecule has 0 saturated carbocycles. The lowest BCUT2D eigenvalue weighted by molar-refractivity contribution is 0.719. The normalized spacial score (nSPS) is 11.2. The smallest absolute Gasteiger partial charge is 0.138 e. The highest BCUT2D eigenvalue weighted by Crippen LogP contribution is 2.15. The second-order valence-electron chi connectivity index (χ2n) is 5.46. The molecule has 0 amide bonds. The number of benzene rings is 1. The van der Waals surface area contributed by atoms with E-state index >= 15 is 0 Å². The van der Waals surface area contributed by atoms with Crippen LogP contribution in [0.2, 0.25) is 0 Å². The van der Waals surface area contributed by atoms with Crippen molar-refractivity contribution in [1.29, 1.82) is 0 Å². The van der Waals surface area contributed by atoms with E-state index in [-0.39, 0.29) is 0 Å². The monoisotopic (exact) mass is 303 g/mol. The van der Waals surface area contributed by atoms with Crippen LogP contribution >= 0.6 is 0 Å². The van der Waals surface area contributed by atoms with Crippen molar-refractivity contribution in [3.05, 3.63) is 72.8 Å². The Labute approximate surface area is 134 Å². The van der Waals surface area contributed by atoms with E-state index < -0.39 is 0 Å². The Hall–Kier alpha value is -2.95. The Morgan fingerprint density at radius 1 is 1.04 bits per heavy atom. The average Bonchev–Trinajstić information content (AvgIpc) is 3.24. The lowest BCUT2D eigenvalue weighted by Gasteiger charge is -2.04. The summed E-state index contributed by atoms with van der Waals surface area (Å²) in [6.07, 6.45) is 8.58. The molecular weight excluding hydrogens is 286 g/mol. The van der Waals surface area contributed by atoms with Crippen LogP contribution in [0.25, 0.3) is 16.7 Å². The predicted octanol–water partition coefficient (Wildman–Crippen LogP) is 3.23. The van der Waals surface area contributed by atoms with Gasteiger partial charge < -0.3 is 4.57 Å². The van der Waals surface area contributed by atoms with Gasteiger partial charge in [0.25, 0.3) is 0 Å². The lowest BCUT2D eigenvalue weighted by atomic mass is 10.2. The highest BCUT2D eigenvalue weighted by atomic mass is 15.1. The first kappa shape index (κ1) is 13.7. The van der Waals surface area contributed by atoms with E-state index in [1.54, 1.807) is 0 Å². The number of nitrogens with zero attached hydrogens (tertiary/aromatic N) is 5. The molecule has 0 aliphatic heterocycles. The molecular formula is C18H17N5. The Morgan fingerprint density at radius 3 is 2.87 bits per heavy atom. The summed E-state index contributed by atoms with van der Waals surface area (Å²) < 4.78 is 4.09. The van der Waals surface area contributed by atoms with Crippen LogP contribution in [0.4, 0.5) is 0 Å². The van der Waals surface area contributed by atoms with Gasteiger partial charge in [0.2, 0.25) is 0 Å². The van der Waals surface area contributed by atoms with Gasteiger partial charge in [0.05, 0.1) is 17.8 Å². The molecule has 3 aromatic heterocycles. The fourth-order valence-corrected chi connectivity index (χ4v) is 2.74. The van der Waals surface area contributed by atoms with Gasteiger partial charge in [-0.2, -0.15) is 0 Å². The Kier molecular flexibility index (Phi) is 3.38. The number of rotatable bonds is 4. The van der Waals surface area contributed by atoms with Crippen molar-refractivity contribution in [3.8, 4) is 5.82 Å². The van der Waals surface area contributed by atoms with Gasteiger partial charge in [-0.1, -0.05) is 25.1 Å². The molecule has 0 aliphatic rings. The summed E-state index contributed by atoms with van der Waals surface area (Å²) >= 11 is 0. The van der Waals surface area contributed by atoms with Gasteiger partial charge in [-0.15, -0.1) is 0 Å². The summed E-state index contributed by atoms with van der Waals surface area (Å²) in [6.45, 7) is 2.83. The minimum absolute atomic E-state index is 0.726. The number of pyridine rings is 1. The molecule has 0 bridgehead atoms. The minimum atomic E-state index is 0.726. The molecule has 3 heterocycles. The number of imidazole rings is 2. The van der Waals surface area contributed by atoms with E-state index in [4.69, 9.17) is 4.98 Å². The van der Waals surface area contributed by atoms with Gasteiger partial charge in [-0.25, -0.2) is 15.0 Å². The quantitative estimate of drug-likeness (QED) is 0.581. The molecule has 0 atom stereocenters. The van der Waals surface area contributed by atoms with E-state index in [0.29, 0.717) is 0 Å². The largest absolute Gasteiger partial charge is 0.329 e. The van der Waals surface area contributed by atoms with Crippen LogP contribution in [0, 0.1) is 0 Å². The van der Waals surface area contributed by atoms with Crippen molar-refractivity contribution < 1.29 is 0 Å². The van der Waals surface area contributed by atoms with Crippen molar-refractivity contribution in [1.82, 2.24) is 24.1 Å². The predicted molar refractivity (Wildman–Crippen MR) is 89.6 cm³/mol. The second-order valence-corrected chi connectivity index (χ2v) is 5.46. The maximum atomic E-state index is 4.69. The van der Waals surface area contributed by atoms with E-state index in [1.807, 2.05) is 53.8 Å². The zero-order valence-corrected chi connectivity index (χ0v) is 12.9. The van der Waals surface area contributed by atoms with Crippen LogP contribution in [-0.2, 0) is 13.0 Å². The molecule has 23 heavy (non-hydrogen) atoms. The molecule has 0 spiro atoms. The zero-order valence-electron chi connectivity index (χ0n) is 12.9. The molecule has 0 unspecified atom stereocenters. The molecule has 1 aromatic carbocycles. The Morgan fingerprint density at radius 2 is 1.96 bits per heavy atom.